The smallest absolute Gasteiger partial charge is 0.0656 e. The molecule has 1 aromatic rings. The molecule has 1 aromatic carbocycles. The summed E-state index contributed by atoms with van der Waals surface area (Å²) in [5.41, 5.74) is 8.64. The predicted octanol–water partition coefficient (Wildman–Crippen LogP) is 2.74. The SMILES string of the molecule is Cc1cc(N)c(Cl)cc1NCC1CCCN1C. The first-order valence-corrected chi connectivity index (χ1v) is 6.45. The van der Waals surface area contributed by atoms with Gasteiger partial charge in [0.25, 0.3) is 0 Å². The molecule has 4 heteroatoms. The summed E-state index contributed by atoms with van der Waals surface area (Å²) in [6.07, 6.45) is 2.57. The Morgan fingerprint density at radius 2 is 2.29 bits per heavy atom. The Morgan fingerprint density at radius 3 is 2.94 bits per heavy atom. The van der Waals surface area contributed by atoms with Crippen molar-refractivity contribution in [3.63, 3.8) is 0 Å². The second-order valence-electron chi connectivity index (χ2n) is 4.85. The molecule has 0 radical (unpaired) electrons. The van der Waals surface area contributed by atoms with Gasteiger partial charge in [-0.1, -0.05) is 11.6 Å². The van der Waals surface area contributed by atoms with Crippen LogP contribution >= 0.6 is 11.6 Å². The van der Waals surface area contributed by atoms with E-state index in [1.807, 2.05) is 19.1 Å². The summed E-state index contributed by atoms with van der Waals surface area (Å²) in [5, 5.41) is 4.09. The number of likely N-dealkylation sites (tertiary alicyclic amines) is 1. The zero-order chi connectivity index (χ0) is 12.4. The van der Waals surface area contributed by atoms with Gasteiger partial charge >= 0.3 is 0 Å². The van der Waals surface area contributed by atoms with Gasteiger partial charge < -0.3 is 16.0 Å². The number of benzene rings is 1. The molecule has 1 aliphatic rings. The lowest BCUT2D eigenvalue weighted by atomic mass is 10.1. The standard InChI is InChI=1S/C13H20ClN3/c1-9-6-12(15)11(14)7-13(9)16-8-10-4-3-5-17(10)2/h6-7,10,16H,3-5,8,15H2,1-2H3. The molecular formula is C13H20ClN3. The van der Waals surface area contributed by atoms with Crippen LogP contribution in [-0.2, 0) is 0 Å². The van der Waals surface area contributed by atoms with Crippen molar-refractivity contribution in [2.24, 2.45) is 0 Å². The number of halogens is 1. The molecule has 0 spiro atoms. The molecule has 1 heterocycles. The molecule has 1 unspecified atom stereocenters. The Balaban J connectivity index is 2.01. The summed E-state index contributed by atoms with van der Waals surface area (Å²) in [6.45, 7) is 4.22. The number of nitrogen functional groups attached to an aromatic ring is 1. The maximum absolute atomic E-state index is 6.03. The van der Waals surface area contributed by atoms with Gasteiger partial charge in [-0.25, -0.2) is 0 Å². The lowest BCUT2D eigenvalue weighted by molar-refractivity contribution is 0.322. The van der Waals surface area contributed by atoms with Gasteiger partial charge in [-0.05, 0) is 51.1 Å². The van der Waals surface area contributed by atoms with E-state index < -0.39 is 0 Å². The summed E-state index contributed by atoms with van der Waals surface area (Å²) in [4.78, 5) is 2.40. The molecule has 17 heavy (non-hydrogen) atoms. The van der Waals surface area contributed by atoms with Crippen LogP contribution in [0.5, 0.6) is 0 Å². The zero-order valence-corrected chi connectivity index (χ0v) is 11.2. The number of rotatable bonds is 3. The molecule has 1 atom stereocenters. The van der Waals surface area contributed by atoms with Crippen LogP contribution in [-0.4, -0.2) is 31.1 Å². The van der Waals surface area contributed by atoms with Crippen molar-refractivity contribution in [3.05, 3.63) is 22.7 Å². The Hall–Kier alpha value is -0.930. The van der Waals surface area contributed by atoms with E-state index in [0.29, 0.717) is 16.8 Å². The molecule has 0 saturated carbocycles. The minimum absolute atomic E-state index is 0.623. The van der Waals surface area contributed by atoms with E-state index in [1.165, 1.54) is 19.4 Å². The average Bonchev–Trinajstić information content (AvgIpc) is 2.68. The van der Waals surface area contributed by atoms with Crippen LogP contribution in [0.4, 0.5) is 11.4 Å². The number of anilines is 2. The van der Waals surface area contributed by atoms with Crippen molar-refractivity contribution in [1.82, 2.24) is 4.90 Å². The van der Waals surface area contributed by atoms with Crippen molar-refractivity contribution in [2.75, 3.05) is 31.2 Å². The maximum Gasteiger partial charge on any atom is 0.0656 e. The molecule has 0 amide bonds. The molecular weight excluding hydrogens is 234 g/mol. The fourth-order valence-electron chi connectivity index (χ4n) is 2.36. The van der Waals surface area contributed by atoms with Crippen LogP contribution in [0.1, 0.15) is 18.4 Å². The van der Waals surface area contributed by atoms with Crippen LogP contribution in [0.15, 0.2) is 12.1 Å². The normalized spacial score (nSPS) is 20.8. The van der Waals surface area contributed by atoms with Crippen LogP contribution in [0.3, 0.4) is 0 Å². The number of hydrogen-bond donors (Lipinski definition) is 2. The highest BCUT2D eigenvalue weighted by atomic mass is 35.5. The van der Waals surface area contributed by atoms with E-state index in [9.17, 15) is 0 Å². The van der Waals surface area contributed by atoms with E-state index in [0.717, 1.165) is 17.8 Å². The first-order chi connectivity index (χ1) is 8.08. The molecule has 1 aliphatic heterocycles. The number of aryl methyl sites for hydroxylation is 1. The van der Waals surface area contributed by atoms with Gasteiger partial charge in [0, 0.05) is 18.3 Å². The van der Waals surface area contributed by atoms with Gasteiger partial charge in [0.05, 0.1) is 10.7 Å². The second kappa shape index (κ2) is 5.15. The Bertz CT molecular complexity index is 406. The minimum atomic E-state index is 0.623. The van der Waals surface area contributed by atoms with E-state index in [2.05, 4.69) is 17.3 Å². The third kappa shape index (κ3) is 2.85. The van der Waals surface area contributed by atoms with E-state index in [1.54, 1.807) is 0 Å². The number of nitrogens with one attached hydrogen (secondary N) is 1. The van der Waals surface area contributed by atoms with Crippen molar-refractivity contribution in [3.8, 4) is 0 Å². The van der Waals surface area contributed by atoms with Crippen molar-refractivity contribution in [1.29, 1.82) is 0 Å². The van der Waals surface area contributed by atoms with Gasteiger partial charge in [-0.3, -0.25) is 0 Å². The minimum Gasteiger partial charge on any atom is -0.398 e. The molecule has 3 N–H and O–H groups in total. The molecule has 1 fully saturated rings. The fraction of sp³-hybridized carbons (Fsp3) is 0.538. The third-order valence-electron chi connectivity index (χ3n) is 3.54. The van der Waals surface area contributed by atoms with E-state index in [4.69, 9.17) is 17.3 Å². The van der Waals surface area contributed by atoms with Crippen LogP contribution in [0, 0.1) is 6.92 Å². The Labute approximate surface area is 108 Å². The molecule has 0 aliphatic carbocycles. The van der Waals surface area contributed by atoms with E-state index >= 15 is 0 Å². The second-order valence-corrected chi connectivity index (χ2v) is 5.25. The zero-order valence-electron chi connectivity index (χ0n) is 10.5. The molecule has 0 aromatic heterocycles. The van der Waals surface area contributed by atoms with E-state index in [-0.39, 0.29) is 0 Å². The summed E-state index contributed by atoms with van der Waals surface area (Å²) in [5.74, 6) is 0. The number of likely N-dealkylation sites (N-methyl/N-ethyl adjacent to an activating group) is 1. The predicted molar refractivity (Wildman–Crippen MR) is 74.7 cm³/mol. The summed E-state index contributed by atoms with van der Waals surface area (Å²) in [7, 11) is 2.18. The Morgan fingerprint density at radius 1 is 1.53 bits per heavy atom. The number of hydrogen-bond acceptors (Lipinski definition) is 3. The average molecular weight is 254 g/mol. The number of nitrogens with zero attached hydrogens (tertiary/aromatic N) is 1. The fourth-order valence-corrected chi connectivity index (χ4v) is 2.52. The lowest BCUT2D eigenvalue weighted by Crippen LogP contribution is -2.31. The molecule has 3 nitrogen and oxygen atoms in total. The van der Waals surface area contributed by atoms with Gasteiger partial charge in [-0.15, -0.1) is 0 Å². The van der Waals surface area contributed by atoms with Crippen LogP contribution < -0.4 is 11.1 Å². The monoisotopic (exact) mass is 253 g/mol. The first kappa shape index (κ1) is 12.5. The topological polar surface area (TPSA) is 41.3 Å². The molecule has 94 valence electrons. The molecule has 2 rings (SSSR count). The highest BCUT2D eigenvalue weighted by molar-refractivity contribution is 6.33. The van der Waals surface area contributed by atoms with Gasteiger partial charge in [-0.2, -0.15) is 0 Å². The lowest BCUT2D eigenvalue weighted by Gasteiger charge is -2.21. The highest BCUT2D eigenvalue weighted by Crippen LogP contribution is 2.27. The highest BCUT2D eigenvalue weighted by Gasteiger charge is 2.20. The third-order valence-corrected chi connectivity index (χ3v) is 3.87. The quantitative estimate of drug-likeness (QED) is 0.814. The summed E-state index contributed by atoms with van der Waals surface area (Å²) >= 11 is 6.03. The largest absolute Gasteiger partial charge is 0.398 e. The maximum atomic E-state index is 6.03. The molecule has 0 bridgehead atoms. The van der Waals surface area contributed by atoms with Crippen molar-refractivity contribution < 1.29 is 0 Å². The molecule has 1 saturated heterocycles. The Kier molecular flexibility index (Phi) is 3.79. The van der Waals surface area contributed by atoms with Gasteiger partial charge in [0.15, 0.2) is 0 Å². The van der Waals surface area contributed by atoms with Gasteiger partial charge in [0.1, 0.15) is 0 Å². The van der Waals surface area contributed by atoms with Crippen LogP contribution in [0.2, 0.25) is 5.02 Å². The first-order valence-electron chi connectivity index (χ1n) is 6.07. The summed E-state index contributed by atoms with van der Waals surface area (Å²) < 4.78 is 0. The van der Waals surface area contributed by atoms with Crippen molar-refractivity contribution >= 4 is 23.0 Å². The van der Waals surface area contributed by atoms with Crippen molar-refractivity contribution in [2.45, 2.75) is 25.8 Å². The van der Waals surface area contributed by atoms with Gasteiger partial charge in [0.2, 0.25) is 0 Å². The summed E-state index contributed by atoms with van der Waals surface area (Å²) in [6, 6.07) is 4.47. The van der Waals surface area contributed by atoms with Crippen LogP contribution in [0.25, 0.3) is 0 Å². The number of nitrogens with two attached hydrogens (primary N) is 1.